The molecule has 0 amide bonds. The maximum absolute atomic E-state index is 13.5. The van der Waals surface area contributed by atoms with Gasteiger partial charge in [-0.25, -0.2) is 13.2 Å². The minimum Gasteiger partial charge on any atom is -0.407 e. The Bertz CT molecular complexity index is 782. The van der Waals surface area contributed by atoms with Crippen LogP contribution in [-0.2, 0) is 9.31 Å². The third kappa shape index (κ3) is 7.11. The second-order valence-electron chi connectivity index (χ2n) is 8.50. The molecule has 1 aliphatic heterocycles. The van der Waals surface area contributed by atoms with E-state index in [4.69, 9.17) is 9.31 Å². The smallest absolute Gasteiger partial charge is 0.407 e. The molecule has 2 aromatic rings. The minimum atomic E-state index is -1.45. The van der Waals surface area contributed by atoms with Crippen LogP contribution in [0.4, 0.5) is 13.2 Å². The second-order valence-corrected chi connectivity index (χ2v) is 8.50. The molecule has 0 spiro atoms. The SMILES string of the molecule is CCCCCCCCCCC1COB(c2ccc(-c3cc(F)c(F)c(F)c3)cc2)OC1. The van der Waals surface area contributed by atoms with Crippen LogP contribution >= 0.6 is 0 Å². The molecule has 1 aliphatic rings. The summed E-state index contributed by atoms with van der Waals surface area (Å²) in [5, 5.41) is 0. The van der Waals surface area contributed by atoms with Crippen LogP contribution in [0.15, 0.2) is 36.4 Å². The van der Waals surface area contributed by atoms with Crippen LogP contribution in [0.25, 0.3) is 11.1 Å². The van der Waals surface area contributed by atoms with Crippen molar-refractivity contribution in [3.63, 3.8) is 0 Å². The van der Waals surface area contributed by atoms with Crippen molar-refractivity contribution in [2.75, 3.05) is 13.2 Å². The van der Waals surface area contributed by atoms with Crippen LogP contribution in [0, 0.1) is 23.4 Å². The molecular formula is C25H32BF3O2. The molecule has 0 bridgehead atoms. The van der Waals surface area contributed by atoms with Crippen molar-refractivity contribution in [2.45, 2.75) is 64.7 Å². The average Bonchev–Trinajstić information content (AvgIpc) is 2.79. The number of halogens is 3. The zero-order chi connectivity index (χ0) is 22.1. The highest BCUT2D eigenvalue weighted by Crippen LogP contribution is 2.24. The van der Waals surface area contributed by atoms with Crippen molar-refractivity contribution in [3.05, 3.63) is 53.8 Å². The fourth-order valence-corrected chi connectivity index (χ4v) is 4.02. The molecule has 1 heterocycles. The van der Waals surface area contributed by atoms with Crippen LogP contribution in [0.5, 0.6) is 0 Å². The Morgan fingerprint density at radius 3 is 1.90 bits per heavy atom. The predicted octanol–water partition coefficient (Wildman–Crippen LogP) is 6.66. The largest absolute Gasteiger partial charge is 0.493 e. The molecule has 0 atom stereocenters. The number of unbranched alkanes of at least 4 members (excludes halogenated alkanes) is 7. The van der Waals surface area contributed by atoms with E-state index < -0.39 is 24.6 Å². The van der Waals surface area contributed by atoms with E-state index in [9.17, 15) is 13.2 Å². The van der Waals surface area contributed by atoms with E-state index in [1.54, 1.807) is 12.1 Å². The fourth-order valence-electron chi connectivity index (χ4n) is 4.02. The highest BCUT2D eigenvalue weighted by Gasteiger charge is 2.28. The van der Waals surface area contributed by atoms with Gasteiger partial charge in [-0.3, -0.25) is 0 Å². The highest BCUT2D eigenvalue weighted by molar-refractivity contribution is 6.61. The van der Waals surface area contributed by atoms with Gasteiger partial charge in [0, 0.05) is 19.1 Å². The van der Waals surface area contributed by atoms with Crippen molar-refractivity contribution in [3.8, 4) is 11.1 Å². The van der Waals surface area contributed by atoms with Crippen LogP contribution in [-0.4, -0.2) is 20.3 Å². The third-order valence-electron chi connectivity index (χ3n) is 5.93. The topological polar surface area (TPSA) is 18.5 Å². The molecular weight excluding hydrogens is 400 g/mol. The Kier molecular flexibility index (Phi) is 9.47. The van der Waals surface area contributed by atoms with Crippen molar-refractivity contribution < 1.29 is 22.5 Å². The van der Waals surface area contributed by atoms with Gasteiger partial charge in [0.05, 0.1) is 0 Å². The molecule has 1 fully saturated rings. The van der Waals surface area contributed by atoms with E-state index >= 15 is 0 Å². The molecule has 0 saturated carbocycles. The summed E-state index contributed by atoms with van der Waals surface area (Å²) in [6.45, 7) is 3.60. The summed E-state index contributed by atoms with van der Waals surface area (Å²) in [7, 11) is -0.425. The first kappa shape index (κ1) is 23.9. The Morgan fingerprint density at radius 1 is 0.774 bits per heavy atom. The summed E-state index contributed by atoms with van der Waals surface area (Å²) in [4.78, 5) is 0. The van der Waals surface area contributed by atoms with Crippen LogP contribution < -0.4 is 5.46 Å². The van der Waals surface area contributed by atoms with Gasteiger partial charge in [0.15, 0.2) is 17.5 Å². The molecule has 168 valence electrons. The van der Waals surface area contributed by atoms with E-state index in [0.29, 0.717) is 30.3 Å². The second kappa shape index (κ2) is 12.3. The summed E-state index contributed by atoms with van der Waals surface area (Å²) in [5.41, 5.74) is 1.75. The van der Waals surface area contributed by atoms with Gasteiger partial charge in [0.1, 0.15) is 0 Å². The molecule has 0 aliphatic carbocycles. The van der Waals surface area contributed by atoms with E-state index in [0.717, 1.165) is 24.0 Å². The van der Waals surface area contributed by atoms with Gasteiger partial charge in [-0.05, 0) is 35.1 Å². The van der Waals surface area contributed by atoms with Crippen LogP contribution in [0.2, 0.25) is 0 Å². The number of hydrogen-bond donors (Lipinski definition) is 0. The first-order valence-electron chi connectivity index (χ1n) is 11.6. The number of hydrogen-bond acceptors (Lipinski definition) is 2. The Balaban J connectivity index is 1.40. The summed E-state index contributed by atoms with van der Waals surface area (Å²) >= 11 is 0. The van der Waals surface area contributed by atoms with Gasteiger partial charge >= 0.3 is 7.12 Å². The summed E-state index contributed by atoms with van der Waals surface area (Å²) in [6, 6.07) is 9.10. The molecule has 0 radical (unpaired) electrons. The lowest BCUT2D eigenvalue weighted by Gasteiger charge is -2.27. The first-order valence-corrected chi connectivity index (χ1v) is 11.6. The lowest BCUT2D eigenvalue weighted by Crippen LogP contribution is -2.44. The minimum absolute atomic E-state index is 0.291. The standard InChI is InChI=1S/C25H32BF3O2/c1-2-3-4-5-6-7-8-9-10-19-17-30-26(31-18-19)22-13-11-20(12-14-22)21-15-23(27)25(29)24(28)16-21/h11-16,19H,2-10,17-18H2,1H3. The molecule has 0 N–H and O–H groups in total. The lowest BCUT2D eigenvalue weighted by molar-refractivity contribution is 0.0810. The monoisotopic (exact) mass is 432 g/mol. The lowest BCUT2D eigenvalue weighted by atomic mass is 9.76. The maximum atomic E-state index is 13.5. The first-order chi connectivity index (χ1) is 15.1. The average molecular weight is 432 g/mol. The Hall–Kier alpha value is -1.79. The molecule has 3 rings (SSSR count). The normalized spacial score (nSPS) is 14.9. The quantitative estimate of drug-likeness (QED) is 0.225. The zero-order valence-corrected chi connectivity index (χ0v) is 18.3. The van der Waals surface area contributed by atoms with Gasteiger partial charge in [0.2, 0.25) is 0 Å². The summed E-state index contributed by atoms with van der Waals surface area (Å²) in [5.74, 6) is -3.41. The Morgan fingerprint density at radius 2 is 1.32 bits per heavy atom. The van der Waals surface area contributed by atoms with E-state index in [1.165, 1.54) is 51.4 Å². The van der Waals surface area contributed by atoms with Crippen molar-refractivity contribution >= 4 is 12.6 Å². The summed E-state index contributed by atoms with van der Waals surface area (Å²) in [6.07, 6.45) is 11.6. The summed E-state index contributed by atoms with van der Waals surface area (Å²) < 4.78 is 51.9. The fraction of sp³-hybridized carbons (Fsp3) is 0.520. The number of benzene rings is 2. The zero-order valence-electron chi connectivity index (χ0n) is 18.3. The van der Waals surface area contributed by atoms with Gasteiger partial charge in [0.25, 0.3) is 0 Å². The molecule has 1 saturated heterocycles. The molecule has 0 aromatic heterocycles. The molecule has 2 nitrogen and oxygen atoms in total. The molecule has 2 aromatic carbocycles. The molecule has 6 heteroatoms. The molecule has 31 heavy (non-hydrogen) atoms. The maximum Gasteiger partial charge on any atom is 0.493 e. The van der Waals surface area contributed by atoms with E-state index in [1.807, 2.05) is 12.1 Å². The van der Waals surface area contributed by atoms with Crippen LogP contribution in [0.1, 0.15) is 64.7 Å². The van der Waals surface area contributed by atoms with Gasteiger partial charge < -0.3 is 9.31 Å². The number of rotatable bonds is 11. The van der Waals surface area contributed by atoms with Gasteiger partial charge in [-0.1, -0.05) is 82.6 Å². The third-order valence-corrected chi connectivity index (χ3v) is 5.93. The Labute approximate surface area is 184 Å². The van der Waals surface area contributed by atoms with Gasteiger partial charge in [-0.2, -0.15) is 0 Å². The van der Waals surface area contributed by atoms with Crippen LogP contribution in [0.3, 0.4) is 0 Å². The van der Waals surface area contributed by atoms with Crippen molar-refractivity contribution in [2.24, 2.45) is 5.92 Å². The van der Waals surface area contributed by atoms with Gasteiger partial charge in [-0.15, -0.1) is 0 Å². The van der Waals surface area contributed by atoms with E-state index in [2.05, 4.69) is 6.92 Å². The van der Waals surface area contributed by atoms with Crippen molar-refractivity contribution in [1.29, 1.82) is 0 Å². The highest BCUT2D eigenvalue weighted by atomic mass is 19.2. The van der Waals surface area contributed by atoms with Crippen molar-refractivity contribution in [1.82, 2.24) is 0 Å². The predicted molar refractivity (Wildman–Crippen MR) is 120 cm³/mol. The molecule has 0 unspecified atom stereocenters. The van der Waals surface area contributed by atoms with E-state index in [-0.39, 0.29) is 0 Å².